The number of ether oxygens (including phenoxy) is 1. The van der Waals surface area contributed by atoms with E-state index in [4.69, 9.17) is 16.3 Å². The highest BCUT2D eigenvalue weighted by Gasteiger charge is 2.30. The van der Waals surface area contributed by atoms with Crippen LogP contribution < -0.4 is 19.9 Å². The van der Waals surface area contributed by atoms with Gasteiger partial charge < -0.3 is 29.7 Å². The van der Waals surface area contributed by atoms with Crippen molar-refractivity contribution in [3.05, 3.63) is 35.5 Å². The van der Waals surface area contributed by atoms with Gasteiger partial charge in [-0.2, -0.15) is 0 Å². The number of methoxy groups -OCH3 is 1. The minimum absolute atomic E-state index is 0.00380. The predicted octanol–water partition coefficient (Wildman–Crippen LogP) is 3.60. The molecule has 4 rings (SSSR count). The van der Waals surface area contributed by atoms with Crippen molar-refractivity contribution < 1.29 is 14.3 Å². The molecule has 3 heterocycles. The average Bonchev–Trinajstić information content (AvgIpc) is 2.90. The molecular formula is C27H38ClN7O3S. The van der Waals surface area contributed by atoms with Crippen LogP contribution in [0.3, 0.4) is 0 Å². The Morgan fingerprint density at radius 2 is 1.72 bits per heavy atom. The fourth-order valence-corrected chi connectivity index (χ4v) is 5.68. The third kappa shape index (κ3) is 7.82. The zero-order chi connectivity index (χ0) is 28.2. The topological polar surface area (TPSA) is 94.1 Å². The van der Waals surface area contributed by atoms with Gasteiger partial charge in [0.05, 0.1) is 12.9 Å². The van der Waals surface area contributed by atoms with Gasteiger partial charge in [0, 0.05) is 69.1 Å². The Bertz CT molecular complexity index is 1150. The number of benzene rings is 1. The van der Waals surface area contributed by atoms with Gasteiger partial charge in [0.2, 0.25) is 5.91 Å². The van der Waals surface area contributed by atoms with Crippen molar-refractivity contribution in [2.75, 3.05) is 68.5 Å². The van der Waals surface area contributed by atoms with Crippen LogP contribution in [0.1, 0.15) is 27.7 Å². The number of halogens is 1. The maximum Gasteiger partial charge on any atom is 0.318 e. The Kier molecular flexibility index (Phi) is 9.32. The van der Waals surface area contributed by atoms with Crippen molar-refractivity contribution >= 4 is 46.8 Å². The first-order valence-corrected chi connectivity index (χ1v) is 14.6. The van der Waals surface area contributed by atoms with Gasteiger partial charge in [0.15, 0.2) is 5.16 Å². The lowest BCUT2D eigenvalue weighted by Gasteiger charge is -2.41. The minimum Gasteiger partial charge on any atom is -0.497 e. The van der Waals surface area contributed by atoms with E-state index >= 15 is 0 Å². The second-order valence-electron chi connectivity index (χ2n) is 10.9. The van der Waals surface area contributed by atoms with E-state index in [0.717, 1.165) is 24.5 Å². The fraction of sp³-hybridized carbons (Fsp3) is 0.556. The molecule has 3 amide bonds. The Labute approximate surface area is 240 Å². The minimum atomic E-state index is -0.290. The van der Waals surface area contributed by atoms with Crippen molar-refractivity contribution in [2.45, 2.75) is 44.4 Å². The molecule has 0 aliphatic carbocycles. The van der Waals surface area contributed by atoms with Gasteiger partial charge in [-0.3, -0.25) is 4.79 Å². The van der Waals surface area contributed by atoms with Crippen molar-refractivity contribution in [1.82, 2.24) is 25.1 Å². The molecule has 0 radical (unpaired) electrons. The number of amides is 3. The van der Waals surface area contributed by atoms with Gasteiger partial charge in [0.25, 0.3) is 0 Å². The van der Waals surface area contributed by atoms with E-state index in [1.165, 1.54) is 11.8 Å². The predicted molar refractivity (Wildman–Crippen MR) is 156 cm³/mol. The van der Waals surface area contributed by atoms with Gasteiger partial charge in [-0.25, -0.2) is 14.8 Å². The summed E-state index contributed by atoms with van der Waals surface area (Å²) in [6.45, 7) is 12.7. The molecule has 2 aromatic rings. The molecule has 2 aliphatic heterocycles. The molecule has 10 nitrogen and oxygen atoms in total. The molecule has 0 spiro atoms. The van der Waals surface area contributed by atoms with E-state index in [1.54, 1.807) is 13.2 Å². The molecular weight excluding hydrogens is 538 g/mol. The van der Waals surface area contributed by atoms with Crippen molar-refractivity contribution in [2.24, 2.45) is 0 Å². The van der Waals surface area contributed by atoms with Gasteiger partial charge in [-0.05, 0) is 52.0 Å². The zero-order valence-corrected chi connectivity index (χ0v) is 24.9. The maximum atomic E-state index is 12.9. The van der Waals surface area contributed by atoms with Crippen LogP contribution in [0.25, 0.3) is 0 Å². The SMILES string of the molecule is COc1ccc(N2CCN(C(=O)CSc3nc(Cl)cc(N4CCN(C(=O)NC(C)(C)C)C(C)C4)n3)CC2)cc1. The number of anilines is 2. The average molecular weight is 576 g/mol. The molecule has 2 aliphatic rings. The number of hydrogen-bond donors (Lipinski definition) is 1. The summed E-state index contributed by atoms with van der Waals surface area (Å²) in [5.74, 6) is 1.85. The van der Waals surface area contributed by atoms with Crippen molar-refractivity contribution in [1.29, 1.82) is 0 Å². The monoisotopic (exact) mass is 575 g/mol. The van der Waals surface area contributed by atoms with E-state index in [-0.39, 0.29) is 29.3 Å². The van der Waals surface area contributed by atoms with Gasteiger partial charge >= 0.3 is 6.03 Å². The summed E-state index contributed by atoms with van der Waals surface area (Å²) in [4.78, 5) is 42.8. The Morgan fingerprint density at radius 1 is 1.05 bits per heavy atom. The van der Waals surface area contributed by atoms with Gasteiger partial charge in [-0.1, -0.05) is 23.4 Å². The number of urea groups is 1. The van der Waals surface area contributed by atoms with Crippen LogP contribution in [-0.2, 0) is 4.79 Å². The number of aromatic nitrogens is 2. The highest BCUT2D eigenvalue weighted by atomic mass is 35.5. The summed E-state index contributed by atoms with van der Waals surface area (Å²) in [7, 11) is 1.66. The van der Waals surface area contributed by atoms with Gasteiger partial charge in [0.1, 0.15) is 16.7 Å². The van der Waals surface area contributed by atoms with Crippen LogP contribution in [0.2, 0.25) is 5.15 Å². The lowest BCUT2D eigenvalue weighted by atomic mass is 10.1. The number of hydrogen-bond acceptors (Lipinski definition) is 8. The van der Waals surface area contributed by atoms with Crippen LogP contribution in [0.5, 0.6) is 5.75 Å². The quantitative estimate of drug-likeness (QED) is 0.317. The number of nitrogens with zero attached hydrogens (tertiary/aromatic N) is 6. The Balaban J connectivity index is 1.29. The molecule has 1 unspecified atom stereocenters. The van der Waals surface area contributed by atoms with Crippen LogP contribution >= 0.6 is 23.4 Å². The van der Waals surface area contributed by atoms with E-state index in [2.05, 4.69) is 25.1 Å². The number of thioether (sulfide) groups is 1. The summed E-state index contributed by atoms with van der Waals surface area (Å²) >= 11 is 7.64. The third-order valence-corrected chi connectivity index (χ3v) is 7.78. The normalized spacial score (nSPS) is 18.3. The van der Waals surface area contributed by atoms with Crippen molar-refractivity contribution in [3.63, 3.8) is 0 Å². The molecule has 2 fully saturated rings. The molecule has 39 heavy (non-hydrogen) atoms. The highest BCUT2D eigenvalue weighted by Crippen LogP contribution is 2.25. The van der Waals surface area contributed by atoms with Crippen LogP contribution in [-0.4, -0.2) is 102 Å². The molecule has 1 aromatic carbocycles. The zero-order valence-electron chi connectivity index (χ0n) is 23.3. The molecule has 2 saturated heterocycles. The molecule has 12 heteroatoms. The Hall–Kier alpha value is -2.92. The number of piperazine rings is 2. The van der Waals surface area contributed by atoms with E-state index in [0.29, 0.717) is 48.9 Å². The summed E-state index contributed by atoms with van der Waals surface area (Å²) in [5.41, 5.74) is 0.837. The van der Waals surface area contributed by atoms with Gasteiger partial charge in [-0.15, -0.1) is 0 Å². The van der Waals surface area contributed by atoms with Crippen LogP contribution in [0.15, 0.2) is 35.5 Å². The third-order valence-electron chi connectivity index (χ3n) is 6.75. The van der Waals surface area contributed by atoms with Crippen molar-refractivity contribution in [3.8, 4) is 5.75 Å². The van der Waals surface area contributed by atoms with E-state index < -0.39 is 0 Å². The second-order valence-corrected chi connectivity index (χ2v) is 12.2. The highest BCUT2D eigenvalue weighted by molar-refractivity contribution is 7.99. The summed E-state index contributed by atoms with van der Waals surface area (Å²) in [6, 6.07) is 9.67. The number of carbonyl (C=O) groups excluding carboxylic acids is 2. The fourth-order valence-electron chi connectivity index (χ4n) is 4.70. The maximum absolute atomic E-state index is 12.9. The first-order valence-electron chi connectivity index (χ1n) is 13.2. The lowest BCUT2D eigenvalue weighted by molar-refractivity contribution is -0.128. The van der Waals surface area contributed by atoms with E-state index in [1.807, 2.05) is 61.8 Å². The molecule has 0 bridgehead atoms. The summed E-state index contributed by atoms with van der Waals surface area (Å²) in [5, 5.41) is 3.85. The summed E-state index contributed by atoms with van der Waals surface area (Å²) in [6.07, 6.45) is 0. The number of nitrogens with one attached hydrogen (secondary N) is 1. The standard InChI is InChI=1S/C27H38ClN7O3S/c1-19-17-34(14-15-35(19)26(37)31-27(2,3)4)23-16-22(28)29-25(30-23)39-18-24(36)33-12-10-32(11-13-33)20-6-8-21(38-5)9-7-20/h6-9,16,19H,10-15,17-18H2,1-5H3,(H,31,37). The lowest BCUT2D eigenvalue weighted by Crippen LogP contribution is -2.59. The molecule has 212 valence electrons. The molecule has 1 N–H and O–H groups in total. The largest absolute Gasteiger partial charge is 0.497 e. The molecule has 1 aromatic heterocycles. The Morgan fingerprint density at radius 3 is 2.33 bits per heavy atom. The van der Waals surface area contributed by atoms with Crippen LogP contribution in [0.4, 0.5) is 16.3 Å². The first kappa shape index (κ1) is 29.1. The second kappa shape index (κ2) is 12.5. The summed E-state index contributed by atoms with van der Waals surface area (Å²) < 4.78 is 5.24. The number of carbonyl (C=O) groups is 2. The number of rotatable bonds is 6. The van der Waals surface area contributed by atoms with E-state index in [9.17, 15) is 9.59 Å². The van der Waals surface area contributed by atoms with Crippen LogP contribution in [0, 0.1) is 0 Å². The smallest absolute Gasteiger partial charge is 0.318 e. The first-order chi connectivity index (χ1) is 18.5. The molecule has 1 atom stereocenters. The molecule has 0 saturated carbocycles.